The molecule has 0 nitrogen and oxygen atoms in total. The van der Waals surface area contributed by atoms with Crippen LogP contribution in [0.4, 0.5) is 0 Å². The van der Waals surface area contributed by atoms with Crippen LogP contribution in [-0.4, -0.2) is 0 Å². The van der Waals surface area contributed by atoms with Gasteiger partial charge >= 0.3 is 0 Å². The first-order chi connectivity index (χ1) is 13.8. The highest BCUT2D eigenvalue weighted by atomic mass is 14.5. The molecule has 0 aromatic heterocycles. The Morgan fingerprint density at radius 1 is 0.897 bits per heavy atom. The molecule has 1 fully saturated rings. The van der Waals surface area contributed by atoms with Crippen molar-refractivity contribution in [3.8, 4) is 0 Å². The first kappa shape index (κ1) is 21.5. The molecule has 3 aliphatic rings. The molecule has 1 aromatic rings. The third-order valence-electron chi connectivity index (χ3n) is 10.2. The van der Waals surface area contributed by atoms with Gasteiger partial charge in [-0.25, -0.2) is 0 Å². The van der Waals surface area contributed by atoms with Gasteiger partial charge in [-0.05, 0) is 108 Å². The molecule has 0 aliphatic heterocycles. The lowest BCUT2D eigenvalue weighted by molar-refractivity contribution is 0.177. The summed E-state index contributed by atoms with van der Waals surface area (Å²) < 4.78 is 0. The smallest absolute Gasteiger partial charge is 0.00437 e. The zero-order chi connectivity index (χ0) is 20.8. The summed E-state index contributed by atoms with van der Waals surface area (Å²) in [6, 6.07) is 5.20. The summed E-state index contributed by atoms with van der Waals surface area (Å²) in [4.78, 5) is 0. The zero-order valence-corrected chi connectivity index (χ0v) is 20.2. The fourth-order valence-corrected chi connectivity index (χ4v) is 7.70. The molecule has 0 heteroatoms. The van der Waals surface area contributed by atoms with Gasteiger partial charge in [-0.1, -0.05) is 72.9 Å². The average Bonchev–Trinajstić information content (AvgIpc) is 3.06. The number of fused-ring (bicyclic) bond motifs is 5. The maximum absolute atomic E-state index is 2.61. The fourth-order valence-electron chi connectivity index (χ4n) is 7.70. The minimum absolute atomic E-state index is 0.393. The number of hydrogen-bond donors (Lipinski definition) is 0. The number of rotatable bonds is 6. The maximum Gasteiger partial charge on any atom is -0.00437 e. The average molecular weight is 395 g/mol. The molecule has 3 aliphatic carbocycles. The topological polar surface area (TPSA) is 0 Å². The van der Waals surface area contributed by atoms with Crippen molar-refractivity contribution in [3.63, 3.8) is 0 Å². The molecule has 0 radical (unpaired) electrons. The Morgan fingerprint density at radius 3 is 2.34 bits per heavy atom. The normalized spacial score (nSPS) is 33.1. The minimum atomic E-state index is 0.393. The molecular weight excluding hydrogens is 348 g/mol. The van der Waals surface area contributed by atoms with Crippen molar-refractivity contribution in [1.82, 2.24) is 0 Å². The van der Waals surface area contributed by atoms with E-state index in [2.05, 4.69) is 53.7 Å². The van der Waals surface area contributed by atoms with E-state index in [9.17, 15) is 0 Å². The van der Waals surface area contributed by atoms with Crippen LogP contribution in [0.2, 0.25) is 0 Å². The van der Waals surface area contributed by atoms with E-state index in [0.717, 1.165) is 23.7 Å². The Balaban J connectivity index is 1.60. The Labute approximate surface area is 181 Å². The van der Waals surface area contributed by atoms with Crippen molar-refractivity contribution < 1.29 is 0 Å². The molecule has 1 saturated carbocycles. The van der Waals surface area contributed by atoms with E-state index in [1.54, 1.807) is 22.3 Å². The van der Waals surface area contributed by atoms with Crippen LogP contribution in [0.3, 0.4) is 0 Å². The highest BCUT2D eigenvalue weighted by Crippen LogP contribution is 2.54. The van der Waals surface area contributed by atoms with Gasteiger partial charge in [0, 0.05) is 0 Å². The van der Waals surface area contributed by atoms with Crippen LogP contribution in [0.25, 0.3) is 0 Å². The molecule has 0 unspecified atom stereocenters. The van der Waals surface area contributed by atoms with Crippen LogP contribution < -0.4 is 0 Å². The Hall–Kier alpha value is -0.780. The molecule has 5 atom stereocenters. The van der Waals surface area contributed by atoms with E-state index in [1.807, 2.05) is 0 Å². The summed E-state index contributed by atoms with van der Waals surface area (Å²) in [6.07, 6.45) is 15.4. The van der Waals surface area contributed by atoms with Gasteiger partial charge in [0.2, 0.25) is 0 Å². The quantitative estimate of drug-likeness (QED) is 0.454. The third-order valence-corrected chi connectivity index (χ3v) is 10.2. The SMILES string of the molecule is CC[C@H](CC[C@@H](C)[C@]1(C)CCc2c1ccc1c2CC[C@H]2CCCC[C@]12C)C(C)C. The second kappa shape index (κ2) is 8.05. The summed E-state index contributed by atoms with van der Waals surface area (Å²) in [6.45, 7) is 15.0. The summed E-state index contributed by atoms with van der Waals surface area (Å²) in [5.74, 6) is 3.45. The molecular formula is C29H46. The number of hydrogen-bond acceptors (Lipinski definition) is 0. The van der Waals surface area contributed by atoms with Gasteiger partial charge in [0.1, 0.15) is 0 Å². The second-order valence-electron chi connectivity index (χ2n) is 11.8. The fraction of sp³-hybridized carbons (Fsp3) is 0.793. The monoisotopic (exact) mass is 394 g/mol. The Kier molecular flexibility index (Phi) is 5.95. The first-order valence-electron chi connectivity index (χ1n) is 13.0. The van der Waals surface area contributed by atoms with Crippen molar-refractivity contribution >= 4 is 0 Å². The van der Waals surface area contributed by atoms with Crippen molar-refractivity contribution in [3.05, 3.63) is 34.4 Å². The summed E-state index contributed by atoms with van der Waals surface area (Å²) in [7, 11) is 0. The lowest BCUT2D eigenvalue weighted by atomic mass is 9.57. The van der Waals surface area contributed by atoms with E-state index < -0.39 is 0 Å². The molecule has 0 saturated heterocycles. The van der Waals surface area contributed by atoms with Crippen molar-refractivity contribution in [2.45, 2.75) is 123 Å². The van der Waals surface area contributed by atoms with Crippen molar-refractivity contribution in [1.29, 1.82) is 0 Å². The molecule has 29 heavy (non-hydrogen) atoms. The van der Waals surface area contributed by atoms with Gasteiger partial charge in [0.05, 0.1) is 0 Å². The largest absolute Gasteiger partial charge is 0.0651 e. The first-order valence-corrected chi connectivity index (χ1v) is 13.0. The molecule has 0 heterocycles. The summed E-state index contributed by atoms with van der Waals surface area (Å²) >= 11 is 0. The van der Waals surface area contributed by atoms with E-state index in [1.165, 1.54) is 70.6 Å². The van der Waals surface area contributed by atoms with Gasteiger partial charge in [-0.3, -0.25) is 0 Å². The Bertz CT molecular complexity index is 728. The van der Waals surface area contributed by atoms with Gasteiger partial charge in [0.25, 0.3) is 0 Å². The second-order valence-corrected chi connectivity index (χ2v) is 11.8. The highest BCUT2D eigenvalue weighted by molar-refractivity contribution is 5.52. The highest BCUT2D eigenvalue weighted by Gasteiger charge is 2.46. The van der Waals surface area contributed by atoms with Gasteiger partial charge in [0.15, 0.2) is 0 Å². The Morgan fingerprint density at radius 2 is 1.62 bits per heavy atom. The van der Waals surface area contributed by atoms with Crippen molar-refractivity contribution in [2.75, 3.05) is 0 Å². The standard InChI is InChI=1S/C29H46/c1-7-22(20(2)3)12-11-21(4)28(5)19-17-25-24-14-13-23-10-8-9-18-29(23,6)27(24)16-15-26(25)28/h15-16,20-23H,7-14,17-19H2,1-6H3/t21-,22-,23-,28+,29+/m1/s1. The lowest BCUT2D eigenvalue weighted by Gasteiger charge is -2.47. The predicted molar refractivity (Wildman–Crippen MR) is 127 cm³/mol. The van der Waals surface area contributed by atoms with Crippen LogP contribution >= 0.6 is 0 Å². The minimum Gasteiger partial charge on any atom is -0.0651 e. The van der Waals surface area contributed by atoms with E-state index in [0.29, 0.717) is 10.8 Å². The van der Waals surface area contributed by atoms with Gasteiger partial charge < -0.3 is 0 Å². The summed E-state index contributed by atoms with van der Waals surface area (Å²) in [5.41, 5.74) is 7.95. The van der Waals surface area contributed by atoms with Crippen LogP contribution in [-0.2, 0) is 23.7 Å². The number of benzene rings is 1. The zero-order valence-electron chi connectivity index (χ0n) is 20.2. The molecule has 4 rings (SSSR count). The van der Waals surface area contributed by atoms with Crippen LogP contribution in [0.5, 0.6) is 0 Å². The molecule has 0 amide bonds. The molecule has 0 bridgehead atoms. The van der Waals surface area contributed by atoms with E-state index in [-0.39, 0.29) is 0 Å². The van der Waals surface area contributed by atoms with E-state index in [4.69, 9.17) is 0 Å². The molecule has 1 aromatic carbocycles. The van der Waals surface area contributed by atoms with Gasteiger partial charge in [-0.2, -0.15) is 0 Å². The molecule has 0 N–H and O–H groups in total. The van der Waals surface area contributed by atoms with E-state index >= 15 is 0 Å². The van der Waals surface area contributed by atoms with Crippen LogP contribution in [0.15, 0.2) is 12.1 Å². The van der Waals surface area contributed by atoms with Crippen LogP contribution in [0.1, 0.15) is 122 Å². The molecule has 0 spiro atoms. The molecule has 162 valence electrons. The maximum atomic E-state index is 2.61. The predicted octanol–water partition coefficient (Wildman–Crippen LogP) is 8.38. The third kappa shape index (κ3) is 3.51. The van der Waals surface area contributed by atoms with Crippen LogP contribution in [0, 0.1) is 23.7 Å². The lowest BCUT2D eigenvalue weighted by Crippen LogP contribution is -2.40. The van der Waals surface area contributed by atoms with Gasteiger partial charge in [-0.15, -0.1) is 0 Å². The van der Waals surface area contributed by atoms with Crippen molar-refractivity contribution in [2.24, 2.45) is 23.7 Å². The summed E-state index contributed by atoms with van der Waals surface area (Å²) in [5, 5.41) is 0.